The van der Waals surface area contributed by atoms with Gasteiger partial charge in [-0.25, -0.2) is 4.57 Å². The van der Waals surface area contributed by atoms with Crippen LogP contribution in [0.25, 0.3) is 0 Å². The Hall–Kier alpha value is -2.16. The van der Waals surface area contributed by atoms with Crippen LogP contribution in [0.4, 0.5) is 0 Å². The van der Waals surface area contributed by atoms with E-state index in [0.29, 0.717) is 0 Å². The molecule has 0 fully saturated rings. The van der Waals surface area contributed by atoms with E-state index in [1.807, 2.05) is 0 Å². The summed E-state index contributed by atoms with van der Waals surface area (Å²) in [6.45, 7) is 6.26. The maximum atomic E-state index is 2.54. The van der Waals surface area contributed by atoms with Gasteiger partial charge < -0.3 is 12.4 Å². The molecule has 0 aliphatic rings. The molecule has 3 aromatic rings. The summed E-state index contributed by atoms with van der Waals surface area (Å²) in [5.74, 6) is 0. The van der Waals surface area contributed by atoms with Gasteiger partial charge >= 0.3 is 0 Å². The number of nitrogens with zero attached hydrogens (tertiary/aromatic N) is 2. The van der Waals surface area contributed by atoms with Crippen molar-refractivity contribution in [3.63, 3.8) is 0 Å². The van der Waals surface area contributed by atoms with E-state index in [4.69, 9.17) is 0 Å². The summed E-state index contributed by atoms with van der Waals surface area (Å²) in [4.78, 5) is 2.54. The van der Waals surface area contributed by atoms with E-state index >= 15 is 0 Å². The standard InChI is InChI=1S/C23H27N2.ClH/c1-21-13-17-24(18-14-21)15-8-16-25(19-22-9-4-2-5-10-22)20-23-11-6-3-7-12-23;/h2-7,9-14,17-18H,8,15-16,19-20H2,1H3;1H/q+1;/p-1. The Kier molecular flexibility index (Phi) is 8.33. The van der Waals surface area contributed by atoms with Crippen LogP contribution < -0.4 is 17.0 Å². The molecule has 1 aromatic heterocycles. The molecule has 0 atom stereocenters. The van der Waals surface area contributed by atoms with Gasteiger partial charge in [-0.05, 0) is 23.6 Å². The zero-order valence-electron chi connectivity index (χ0n) is 15.4. The number of hydrogen-bond donors (Lipinski definition) is 0. The fraction of sp³-hybridized carbons (Fsp3) is 0.261. The number of hydrogen-bond acceptors (Lipinski definition) is 1. The molecular weight excluding hydrogens is 340 g/mol. The van der Waals surface area contributed by atoms with Gasteiger partial charge in [0.1, 0.15) is 6.54 Å². The van der Waals surface area contributed by atoms with Crippen LogP contribution in [0.1, 0.15) is 23.1 Å². The summed E-state index contributed by atoms with van der Waals surface area (Å²) < 4.78 is 2.27. The van der Waals surface area contributed by atoms with Gasteiger partial charge in [0.05, 0.1) is 0 Å². The predicted octanol–water partition coefficient (Wildman–Crippen LogP) is 1.38. The summed E-state index contributed by atoms with van der Waals surface area (Å²) in [6.07, 6.45) is 5.50. The fourth-order valence-electron chi connectivity index (χ4n) is 3.06. The normalized spacial score (nSPS) is 10.5. The molecule has 0 aliphatic heterocycles. The van der Waals surface area contributed by atoms with E-state index in [1.165, 1.54) is 16.7 Å². The molecule has 136 valence electrons. The highest BCUT2D eigenvalue weighted by Gasteiger charge is 2.09. The topological polar surface area (TPSA) is 7.12 Å². The minimum Gasteiger partial charge on any atom is -1.00 e. The number of halogens is 1. The first-order valence-electron chi connectivity index (χ1n) is 9.05. The zero-order chi connectivity index (χ0) is 17.3. The number of pyridine rings is 1. The van der Waals surface area contributed by atoms with Gasteiger partial charge in [0.15, 0.2) is 12.4 Å². The van der Waals surface area contributed by atoms with Gasteiger partial charge in [0.25, 0.3) is 0 Å². The van der Waals surface area contributed by atoms with Crippen molar-refractivity contribution >= 4 is 0 Å². The summed E-state index contributed by atoms with van der Waals surface area (Å²) in [6, 6.07) is 25.9. The molecule has 0 N–H and O–H groups in total. The number of aromatic nitrogens is 1. The molecule has 0 unspecified atom stereocenters. The predicted molar refractivity (Wildman–Crippen MR) is 103 cm³/mol. The molecule has 2 nitrogen and oxygen atoms in total. The van der Waals surface area contributed by atoms with Crippen molar-refractivity contribution in [2.24, 2.45) is 0 Å². The van der Waals surface area contributed by atoms with Gasteiger partial charge in [-0.1, -0.05) is 60.7 Å². The van der Waals surface area contributed by atoms with E-state index < -0.39 is 0 Å². The largest absolute Gasteiger partial charge is 1.00 e. The Balaban J connectivity index is 0.00000243. The Morgan fingerprint density at radius 3 is 1.73 bits per heavy atom. The lowest BCUT2D eigenvalue weighted by Crippen LogP contribution is -3.00. The van der Waals surface area contributed by atoms with Crippen molar-refractivity contribution in [2.45, 2.75) is 33.0 Å². The lowest BCUT2D eigenvalue weighted by molar-refractivity contribution is -0.697. The van der Waals surface area contributed by atoms with E-state index in [0.717, 1.165) is 32.6 Å². The SMILES string of the molecule is Cc1cc[n+](CCCN(Cc2ccccc2)Cc2ccccc2)cc1.[Cl-]. The molecule has 0 radical (unpaired) electrons. The smallest absolute Gasteiger partial charge is 0.169 e. The number of benzene rings is 2. The van der Waals surface area contributed by atoms with Crippen LogP contribution in [0.2, 0.25) is 0 Å². The van der Waals surface area contributed by atoms with Gasteiger partial charge in [-0.15, -0.1) is 0 Å². The van der Waals surface area contributed by atoms with Gasteiger partial charge in [-0.3, -0.25) is 4.90 Å². The monoisotopic (exact) mass is 366 g/mol. The third kappa shape index (κ3) is 6.62. The average Bonchev–Trinajstić information content (AvgIpc) is 2.65. The van der Waals surface area contributed by atoms with E-state index in [1.54, 1.807) is 0 Å². The molecule has 3 heteroatoms. The third-order valence-electron chi connectivity index (χ3n) is 4.45. The highest BCUT2D eigenvalue weighted by molar-refractivity contribution is 5.17. The first kappa shape index (κ1) is 20.2. The first-order chi connectivity index (χ1) is 12.3. The zero-order valence-corrected chi connectivity index (χ0v) is 16.1. The summed E-state index contributed by atoms with van der Waals surface area (Å²) in [5, 5.41) is 0. The molecule has 0 aliphatic carbocycles. The molecule has 3 rings (SSSR count). The number of aryl methyl sites for hydroxylation is 2. The molecule has 0 saturated heterocycles. The highest BCUT2D eigenvalue weighted by Crippen LogP contribution is 2.10. The highest BCUT2D eigenvalue weighted by atomic mass is 35.5. The molecule has 0 bridgehead atoms. The lowest BCUT2D eigenvalue weighted by Gasteiger charge is -2.22. The van der Waals surface area contributed by atoms with Crippen molar-refractivity contribution < 1.29 is 17.0 Å². The van der Waals surface area contributed by atoms with Crippen LogP contribution in [0.5, 0.6) is 0 Å². The second kappa shape index (κ2) is 10.7. The molecule has 0 saturated carbocycles. The minimum atomic E-state index is 0. The second-order valence-electron chi connectivity index (χ2n) is 6.65. The van der Waals surface area contributed by atoms with Crippen molar-refractivity contribution in [3.05, 3.63) is 102 Å². The van der Waals surface area contributed by atoms with Crippen LogP contribution in [0.3, 0.4) is 0 Å². The van der Waals surface area contributed by atoms with E-state index in [9.17, 15) is 0 Å². The van der Waals surface area contributed by atoms with Crippen LogP contribution in [0, 0.1) is 6.92 Å². The van der Waals surface area contributed by atoms with E-state index in [2.05, 4.69) is 102 Å². The maximum absolute atomic E-state index is 2.54. The van der Waals surface area contributed by atoms with Crippen molar-refractivity contribution in [1.82, 2.24) is 4.90 Å². The minimum absolute atomic E-state index is 0. The second-order valence-corrected chi connectivity index (χ2v) is 6.65. The average molecular weight is 367 g/mol. The van der Waals surface area contributed by atoms with Gasteiger partial charge in [0, 0.05) is 38.2 Å². The molecule has 0 amide bonds. The van der Waals surface area contributed by atoms with Gasteiger partial charge in [0.2, 0.25) is 0 Å². The van der Waals surface area contributed by atoms with Gasteiger partial charge in [-0.2, -0.15) is 0 Å². The van der Waals surface area contributed by atoms with Crippen molar-refractivity contribution in [2.75, 3.05) is 6.54 Å². The Morgan fingerprint density at radius 1 is 0.731 bits per heavy atom. The fourth-order valence-corrected chi connectivity index (χ4v) is 3.06. The van der Waals surface area contributed by atoms with Crippen LogP contribution in [0.15, 0.2) is 85.2 Å². The molecule has 26 heavy (non-hydrogen) atoms. The Labute approximate surface area is 163 Å². The van der Waals surface area contributed by atoms with Crippen molar-refractivity contribution in [1.29, 1.82) is 0 Å². The van der Waals surface area contributed by atoms with Crippen LogP contribution in [-0.4, -0.2) is 11.4 Å². The Morgan fingerprint density at radius 2 is 1.23 bits per heavy atom. The quantitative estimate of drug-likeness (QED) is 0.546. The molecule has 0 spiro atoms. The Bertz CT molecular complexity index is 701. The first-order valence-corrected chi connectivity index (χ1v) is 9.05. The molecule has 2 aromatic carbocycles. The summed E-state index contributed by atoms with van der Waals surface area (Å²) in [5.41, 5.74) is 4.06. The summed E-state index contributed by atoms with van der Waals surface area (Å²) in [7, 11) is 0. The maximum Gasteiger partial charge on any atom is 0.169 e. The molecular formula is C23H27ClN2. The van der Waals surface area contributed by atoms with Crippen molar-refractivity contribution in [3.8, 4) is 0 Å². The lowest BCUT2D eigenvalue weighted by atomic mass is 10.1. The third-order valence-corrected chi connectivity index (χ3v) is 4.45. The van der Waals surface area contributed by atoms with Crippen LogP contribution in [-0.2, 0) is 19.6 Å². The van der Waals surface area contributed by atoms with Crippen LogP contribution >= 0.6 is 0 Å². The van der Waals surface area contributed by atoms with E-state index in [-0.39, 0.29) is 12.4 Å². The molecule has 1 heterocycles. The summed E-state index contributed by atoms with van der Waals surface area (Å²) >= 11 is 0. The number of rotatable bonds is 8.